The number of rotatable bonds is 6. The molecule has 1 heterocycles. The molecule has 0 saturated heterocycles. The van der Waals surface area contributed by atoms with Crippen molar-refractivity contribution in [1.29, 1.82) is 0 Å². The number of pyridine rings is 1. The van der Waals surface area contributed by atoms with Crippen LogP contribution in [0.25, 0.3) is 0 Å². The van der Waals surface area contributed by atoms with Gasteiger partial charge in [0.25, 0.3) is 0 Å². The molecule has 0 bridgehead atoms. The summed E-state index contributed by atoms with van der Waals surface area (Å²) in [6.45, 7) is 6.29. The number of nitrogens with one attached hydrogen (secondary N) is 1. The van der Waals surface area contributed by atoms with Gasteiger partial charge in [-0.05, 0) is 43.0 Å². The molecule has 0 aliphatic heterocycles. The zero-order valence-corrected chi connectivity index (χ0v) is 10.6. The molecule has 2 nitrogen and oxygen atoms in total. The molecule has 0 aromatic carbocycles. The molecule has 0 fully saturated rings. The van der Waals surface area contributed by atoms with Crippen LogP contribution in [0, 0.1) is 12.8 Å². The minimum atomic E-state index is 0.735. The van der Waals surface area contributed by atoms with Crippen LogP contribution < -0.4 is 5.32 Å². The second-order valence-corrected chi connectivity index (χ2v) is 4.91. The van der Waals surface area contributed by atoms with Gasteiger partial charge in [0.05, 0.1) is 0 Å². The summed E-state index contributed by atoms with van der Waals surface area (Å²) in [5, 5.41) is 3.45. The van der Waals surface area contributed by atoms with Gasteiger partial charge in [-0.3, -0.25) is 4.98 Å². The molecular weight excluding hydrogens is 204 g/mol. The molecule has 0 saturated carbocycles. The average molecular weight is 224 g/mol. The van der Waals surface area contributed by atoms with Crippen molar-refractivity contribution in [3.8, 4) is 0 Å². The zero-order valence-electron chi connectivity index (χ0n) is 9.79. The summed E-state index contributed by atoms with van der Waals surface area (Å²) in [6.07, 6.45) is 4.10. The Morgan fingerprint density at radius 3 is 2.87 bits per heavy atom. The van der Waals surface area contributed by atoms with E-state index in [0.717, 1.165) is 24.7 Å². The van der Waals surface area contributed by atoms with Crippen LogP contribution in [0.2, 0.25) is 0 Å². The van der Waals surface area contributed by atoms with E-state index < -0.39 is 0 Å². The van der Waals surface area contributed by atoms with E-state index >= 15 is 0 Å². The molecule has 1 unspecified atom stereocenters. The highest BCUT2D eigenvalue weighted by molar-refractivity contribution is 7.98. The number of aromatic nitrogens is 1. The van der Waals surface area contributed by atoms with Gasteiger partial charge >= 0.3 is 0 Å². The normalized spacial score (nSPS) is 12.7. The fraction of sp³-hybridized carbons (Fsp3) is 0.583. The highest BCUT2D eigenvalue weighted by Crippen LogP contribution is 2.03. The van der Waals surface area contributed by atoms with E-state index in [-0.39, 0.29) is 0 Å². The van der Waals surface area contributed by atoms with Crippen molar-refractivity contribution in [2.45, 2.75) is 20.4 Å². The Kier molecular flexibility index (Phi) is 5.73. The van der Waals surface area contributed by atoms with Crippen molar-refractivity contribution < 1.29 is 0 Å². The second kappa shape index (κ2) is 6.85. The Morgan fingerprint density at radius 2 is 2.27 bits per heavy atom. The van der Waals surface area contributed by atoms with Crippen LogP contribution in [0.1, 0.15) is 18.2 Å². The first kappa shape index (κ1) is 12.5. The predicted molar refractivity (Wildman–Crippen MR) is 68.2 cm³/mol. The standard InChI is InChI=1S/C12H20N2S/c1-10(9-15-3)6-13-7-12-5-4-11(2)14-8-12/h4-5,8,10,13H,6-7,9H2,1-3H3. The van der Waals surface area contributed by atoms with Crippen LogP contribution in [-0.2, 0) is 6.54 Å². The monoisotopic (exact) mass is 224 g/mol. The molecule has 0 aliphatic rings. The lowest BCUT2D eigenvalue weighted by atomic mass is 10.2. The summed E-state index contributed by atoms with van der Waals surface area (Å²) in [5.74, 6) is 1.96. The molecule has 0 aliphatic carbocycles. The second-order valence-electron chi connectivity index (χ2n) is 4.00. The highest BCUT2D eigenvalue weighted by Gasteiger charge is 2.00. The van der Waals surface area contributed by atoms with Gasteiger partial charge in [0.15, 0.2) is 0 Å². The Morgan fingerprint density at radius 1 is 1.47 bits per heavy atom. The van der Waals surface area contributed by atoms with Crippen LogP contribution in [-0.4, -0.2) is 23.5 Å². The molecule has 84 valence electrons. The summed E-state index contributed by atoms with van der Waals surface area (Å²) in [4.78, 5) is 4.27. The van der Waals surface area contributed by atoms with Crippen molar-refractivity contribution in [1.82, 2.24) is 10.3 Å². The zero-order chi connectivity index (χ0) is 11.1. The molecule has 3 heteroatoms. The Labute approximate surface area is 96.9 Å². The SMILES string of the molecule is CSCC(C)CNCc1ccc(C)nc1. The molecule has 1 aromatic rings. The Bertz CT molecular complexity index is 271. The lowest BCUT2D eigenvalue weighted by Gasteiger charge is -2.10. The lowest BCUT2D eigenvalue weighted by molar-refractivity contribution is 0.559. The fourth-order valence-corrected chi connectivity index (χ4v) is 2.10. The van der Waals surface area contributed by atoms with Gasteiger partial charge in [0.2, 0.25) is 0 Å². The van der Waals surface area contributed by atoms with Crippen molar-refractivity contribution in [2.75, 3.05) is 18.6 Å². The molecule has 15 heavy (non-hydrogen) atoms. The smallest absolute Gasteiger partial charge is 0.0372 e. The maximum atomic E-state index is 4.27. The van der Waals surface area contributed by atoms with Crippen LogP contribution in [0.4, 0.5) is 0 Å². The largest absolute Gasteiger partial charge is 0.312 e. The van der Waals surface area contributed by atoms with Gasteiger partial charge < -0.3 is 5.32 Å². The number of hydrogen-bond acceptors (Lipinski definition) is 3. The third-order valence-corrected chi connectivity index (χ3v) is 3.15. The minimum Gasteiger partial charge on any atom is -0.312 e. The molecule has 1 aromatic heterocycles. The van der Waals surface area contributed by atoms with Gasteiger partial charge in [-0.2, -0.15) is 11.8 Å². The minimum absolute atomic E-state index is 0.735. The van der Waals surface area contributed by atoms with E-state index in [2.05, 4.69) is 35.6 Å². The quantitative estimate of drug-likeness (QED) is 0.803. The fourth-order valence-electron chi connectivity index (χ4n) is 1.41. The Hall–Kier alpha value is -0.540. The van der Waals surface area contributed by atoms with Crippen molar-refractivity contribution in [3.63, 3.8) is 0 Å². The first-order chi connectivity index (χ1) is 7.22. The predicted octanol–water partition coefficient (Wildman–Crippen LogP) is 2.48. The molecule has 0 spiro atoms. The van der Waals surface area contributed by atoms with E-state index in [1.807, 2.05) is 24.9 Å². The van der Waals surface area contributed by atoms with E-state index in [1.54, 1.807) is 0 Å². The van der Waals surface area contributed by atoms with Crippen molar-refractivity contribution in [3.05, 3.63) is 29.6 Å². The number of nitrogens with zero attached hydrogens (tertiary/aromatic N) is 1. The number of aryl methyl sites for hydroxylation is 1. The average Bonchev–Trinajstić information content (AvgIpc) is 2.21. The summed E-state index contributed by atoms with van der Waals surface area (Å²) in [7, 11) is 0. The van der Waals surface area contributed by atoms with E-state index in [0.29, 0.717) is 0 Å². The molecule has 1 rings (SSSR count). The van der Waals surface area contributed by atoms with Crippen LogP contribution >= 0.6 is 11.8 Å². The van der Waals surface area contributed by atoms with Crippen LogP contribution in [0.5, 0.6) is 0 Å². The highest BCUT2D eigenvalue weighted by atomic mass is 32.2. The van der Waals surface area contributed by atoms with Crippen molar-refractivity contribution >= 4 is 11.8 Å². The third-order valence-electron chi connectivity index (χ3n) is 2.25. The number of hydrogen-bond donors (Lipinski definition) is 1. The van der Waals surface area contributed by atoms with Crippen molar-refractivity contribution in [2.24, 2.45) is 5.92 Å². The molecule has 1 N–H and O–H groups in total. The van der Waals surface area contributed by atoms with E-state index in [4.69, 9.17) is 0 Å². The molecular formula is C12H20N2S. The first-order valence-electron chi connectivity index (χ1n) is 5.33. The summed E-state index contributed by atoms with van der Waals surface area (Å²) in [6, 6.07) is 4.19. The third kappa shape index (κ3) is 5.19. The van der Waals surface area contributed by atoms with Gasteiger partial charge in [-0.1, -0.05) is 13.0 Å². The summed E-state index contributed by atoms with van der Waals surface area (Å²) >= 11 is 1.91. The molecule has 0 radical (unpaired) electrons. The van der Waals surface area contributed by atoms with Crippen LogP contribution in [0.15, 0.2) is 18.3 Å². The number of thioether (sulfide) groups is 1. The van der Waals surface area contributed by atoms with Gasteiger partial charge in [0.1, 0.15) is 0 Å². The van der Waals surface area contributed by atoms with Gasteiger partial charge in [0, 0.05) is 18.4 Å². The summed E-state index contributed by atoms with van der Waals surface area (Å²) in [5.41, 5.74) is 2.34. The maximum absolute atomic E-state index is 4.27. The lowest BCUT2D eigenvalue weighted by Crippen LogP contribution is -2.22. The summed E-state index contributed by atoms with van der Waals surface area (Å²) < 4.78 is 0. The van der Waals surface area contributed by atoms with Gasteiger partial charge in [-0.15, -0.1) is 0 Å². The van der Waals surface area contributed by atoms with Crippen LogP contribution in [0.3, 0.4) is 0 Å². The van der Waals surface area contributed by atoms with E-state index in [9.17, 15) is 0 Å². The first-order valence-corrected chi connectivity index (χ1v) is 6.73. The van der Waals surface area contributed by atoms with Gasteiger partial charge in [-0.25, -0.2) is 0 Å². The topological polar surface area (TPSA) is 24.9 Å². The molecule has 1 atom stereocenters. The van der Waals surface area contributed by atoms with E-state index in [1.165, 1.54) is 11.3 Å². The Balaban J connectivity index is 2.22. The maximum Gasteiger partial charge on any atom is 0.0372 e. The molecule has 0 amide bonds.